The van der Waals surface area contributed by atoms with Crippen molar-refractivity contribution in [1.29, 1.82) is 0 Å². The maximum absolute atomic E-state index is 11.8. The van der Waals surface area contributed by atoms with Gasteiger partial charge in [-0.3, -0.25) is 14.5 Å². The van der Waals surface area contributed by atoms with E-state index in [1.807, 2.05) is 30.3 Å². The fourth-order valence-electron chi connectivity index (χ4n) is 2.64. The first kappa shape index (κ1) is 14.5. The minimum atomic E-state index is -1.37. The highest BCUT2D eigenvalue weighted by Crippen LogP contribution is 2.33. The number of hydrogen-bond donors (Lipinski definition) is 1. The van der Waals surface area contributed by atoms with Gasteiger partial charge in [0.1, 0.15) is 0 Å². The number of hydrogen-bond acceptors (Lipinski definition) is 4. The van der Waals surface area contributed by atoms with Crippen molar-refractivity contribution in [3.8, 4) is 0 Å². The Morgan fingerprint density at radius 2 is 1.85 bits per heavy atom. The molecule has 1 aliphatic rings. The summed E-state index contributed by atoms with van der Waals surface area (Å²) in [5, 5.41) is 9.35. The number of esters is 1. The minimum Gasteiger partial charge on any atom is -0.480 e. The molecule has 0 saturated carbocycles. The summed E-state index contributed by atoms with van der Waals surface area (Å²) in [6.45, 7) is 1.93. The zero-order chi connectivity index (χ0) is 14.6. The molecule has 5 nitrogen and oxygen atoms in total. The van der Waals surface area contributed by atoms with Crippen molar-refractivity contribution in [2.75, 3.05) is 20.2 Å². The van der Waals surface area contributed by atoms with Crippen LogP contribution in [0.2, 0.25) is 0 Å². The fourth-order valence-corrected chi connectivity index (χ4v) is 2.64. The van der Waals surface area contributed by atoms with E-state index in [1.165, 1.54) is 12.7 Å². The average molecular weight is 277 g/mol. The lowest BCUT2D eigenvalue weighted by atomic mass is 9.78. The van der Waals surface area contributed by atoms with Crippen LogP contribution in [-0.2, 0) is 20.9 Å². The van der Waals surface area contributed by atoms with E-state index in [0.717, 1.165) is 6.54 Å². The molecule has 1 N–H and O–H groups in total. The summed E-state index contributed by atoms with van der Waals surface area (Å²) in [6, 6.07) is 10.0. The van der Waals surface area contributed by atoms with Gasteiger partial charge in [-0.25, -0.2) is 0 Å². The van der Waals surface area contributed by atoms with Gasteiger partial charge in [0.2, 0.25) is 0 Å². The topological polar surface area (TPSA) is 66.8 Å². The summed E-state index contributed by atoms with van der Waals surface area (Å²) in [5.74, 6) is -1.71. The average Bonchev–Trinajstić information content (AvgIpc) is 2.48. The quantitative estimate of drug-likeness (QED) is 0.667. The largest absolute Gasteiger partial charge is 0.480 e. The van der Waals surface area contributed by atoms with Crippen molar-refractivity contribution in [3.63, 3.8) is 0 Å². The van der Waals surface area contributed by atoms with Gasteiger partial charge in [0.25, 0.3) is 0 Å². The summed E-state index contributed by atoms with van der Waals surface area (Å²) in [4.78, 5) is 25.4. The first-order chi connectivity index (χ1) is 9.58. The van der Waals surface area contributed by atoms with E-state index in [-0.39, 0.29) is 0 Å². The van der Waals surface area contributed by atoms with Gasteiger partial charge in [-0.2, -0.15) is 0 Å². The lowest BCUT2D eigenvalue weighted by Gasteiger charge is -2.36. The Balaban J connectivity index is 2.00. The van der Waals surface area contributed by atoms with E-state index >= 15 is 0 Å². The van der Waals surface area contributed by atoms with Crippen molar-refractivity contribution < 1.29 is 19.4 Å². The van der Waals surface area contributed by atoms with Crippen LogP contribution in [-0.4, -0.2) is 42.1 Å². The number of ether oxygens (including phenoxy) is 1. The van der Waals surface area contributed by atoms with E-state index in [2.05, 4.69) is 9.64 Å². The molecule has 1 aromatic carbocycles. The van der Waals surface area contributed by atoms with Crippen molar-refractivity contribution in [2.45, 2.75) is 19.4 Å². The number of carbonyl (C=O) groups excluding carboxylic acids is 1. The normalized spacial score (nSPS) is 18.4. The number of piperidine rings is 1. The molecular formula is C15H19NO4. The van der Waals surface area contributed by atoms with Gasteiger partial charge >= 0.3 is 11.9 Å². The summed E-state index contributed by atoms with van der Waals surface area (Å²) in [5.41, 5.74) is -0.185. The second-order valence-electron chi connectivity index (χ2n) is 5.14. The lowest BCUT2D eigenvalue weighted by molar-refractivity contribution is -0.170. The number of benzene rings is 1. The van der Waals surface area contributed by atoms with Crippen molar-refractivity contribution >= 4 is 11.9 Å². The third-order valence-electron chi connectivity index (χ3n) is 3.94. The van der Waals surface area contributed by atoms with Crippen molar-refractivity contribution in [3.05, 3.63) is 35.9 Å². The van der Waals surface area contributed by atoms with Crippen LogP contribution in [0.15, 0.2) is 30.3 Å². The summed E-state index contributed by atoms with van der Waals surface area (Å²) >= 11 is 0. The molecule has 0 amide bonds. The van der Waals surface area contributed by atoms with E-state index in [1.54, 1.807) is 0 Å². The van der Waals surface area contributed by atoms with E-state index < -0.39 is 17.4 Å². The Labute approximate surface area is 118 Å². The molecule has 0 spiro atoms. The fraction of sp³-hybridized carbons (Fsp3) is 0.467. The van der Waals surface area contributed by atoms with Crippen LogP contribution in [0.4, 0.5) is 0 Å². The van der Waals surface area contributed by atoms with Gasteiger partial charge in [0.05, 0.1) is 7.11 Å². The lowest BCUT2D eigenvalue weighted by Crippen LogP contribution is -2.49. The Bertz CT molecular complexity index is 478. The van der Waals surface area contributed by atoms with E-state index in [4.69, 9.17) is 0 Å². The van der Waals surface area contributed by atoms with Crippen LogP contribution in [0.3, 0.4) is 0 Å². The molecule has 1 aromatic rings. The number of carboxylic acid groups (broad SMARTS) is 1. The van der Waals surface area contributed by atoms with Crippen LogP contribution in [0.1, 0.15) is 18.4 Å². The zero-order valence-electron chi connectivity index (χ0n) is 11.5. The predicted molar refractivity (Wildman–Crippen MR) is 73.0 cm³/mol. The second kappa shape index (κ2) is 6.05. The molecule has 0 aliphatic carbocycles. The molecule has 5 heteroatoms. The van der Waals surface area contributed by atoms with Gasteiger partial charge < -0.3 is 9.84 Å². The molecule has 0 radical (unpaired) electrons. The number of carbonyl (C=O) groups is 2. The van der Waals surface area contributed by atoms with Crippen molar-refractivity contribution in [1.82, 2.24) is 4.90 Å². The third-order valence-corrected chi connectivity index (χ3v) is 3.94. The van der Waals surface area contributed by atoms with Crippen LogP contribution in [0, 0.1) is 5.41 Å². The van der Waals surface area contributed by atoms with Gasteiger partial charge in [-0.05, 0) is 18.4 Å². The smallest absolute Gasteiger partial charge is 0.323 e. The SMILES string of the molecule is COC(=O)C1(C(=O)O)CCN(Cc2ccccc2)CC1. The Morgan fingerprint density at radius 3 is 2.35 bits per heavy atom. The molecule has 20 heavy (non-hydrogen) atoms. The Kier molecular flexibility index (Phi) is 4.39. The number of rotatable bonds is 4. The molecule has 108 valence electrons. The Hall–Kier alpha value is -1.88. The molecule has 1 saturated heterocycles. The van der Waals surface area contributed by atoms with Gasteiger partial charge in [-0.1, -0.05) is 30.3 Å². The number of aliphatic carboxylic acids is 1. The molecule has 1 heterocycles. The highest BCUT2D eigenvalue weighted by Gasteiger charge is 2.49. The van der Waals surface area contributed by atoms with Crippen LogP contribution in [0.5, 0.6) is 0 Å². The monoisotopic (exact) mass is 277 g/mol. The maximum Gasteiger partial charge on any atom is 0.323 e. The number of nitrogens with zero attached hydrogens (tertiary/aromatic N) is 1. The van der Waals surface area contributed by atoms with Crippen LogP contribution < -0.4 is 0 Å². The highest BCUT2D eigenvalue weighted by atomic mass is 16.5. The number of carboxylic acids is 1. The van der Waals surface area contributed by atoms with Crippen LogP contribution >= 0.6 is 0 Å². The predicted octanol–water partition coefficient (Wildman–Crippen LogP) is 1.53. The molecule has 0 aromatic heterocycles. The van der Waals surface area contributed by atoms with Gasteiger partial charge in [0, 0.05) is 19.6 Å². The van der Waals surface area contributed by atoms with E-state index in [9.17, 15) is 14.7 Å². The van der Waals surface area contributed by atoms with Gasteiger partial charge in [0.15, 0.2) is 5.41 Å². The minimum absolute atomic E-state index is 0.293. The molecule has 0 bridgehead atoms. The van der Waals surface area contributed by atoms with Gasteiger partial charge in [-0.15, -0.1) is 0 Å². The molecule has 1 fully saturated rings. The third kappa shape index (κ3) is 2.82. The summed E-state index contributed by atoms with van der Waals surface area (Å²) in [7, 11) is 1.24. The molecule has 0 atom stereocenters. The van der Waals surface area contributed by atoms with E-state index in [0.29, 0.717) is 25.9 Å². The number of likely N-dealkylation sites (tertiary alicyclic amines) is 1. The number of methoxy groups -OCH3 is 1. The maximum atomic E-state index is 11.8. The summed E-state index contributed by atoms with van der Waals surface area (Å²) in [6.07, 6.45) is 0.587. The zero-order valence-corrected chi connectivity index (χ0v) is 11.5. The molecular weight excluding hydrogens is 258 g/mol. The first-order valence-corrected chi connectivity index (χ1v) is 6.66. The summed E-state index contributed by atoms with van der Waals surface area (Å²) < 4.78 is 4.67. The highest BCUT2D eigenvalue weighted by molar-refractivity contribution is 5.99. The first-order valence-electron chi connectivity index (χ1n) is 6.66. The standard InChI is InChI=1S/C15H19NO4/c1-20-14(19)15(13(17)18)7-9-16(10-8-15)11-12-5-3-2-4-6-12/h2-6H,7-11H2,1H3,(H,17,18). The van der Waals surface area contributed by atoms with Crippen molar-refractivity contribution in [2.24, 2.45) is 5.41 Å². The second-order valence-corrected chi connectivity index (χ2v) is 5.14. The molecule has 1 aliphatic heterocycles. The molecule has 0 unspecified atom stereocenters. The van der Waals surface area contributed by atoms with Crippen LogP contribution in [0.25, 0.3) is 0 Å². The molecule has 2 rings (SSSR count). The Morgan fingerprint density at radius 1 is 1.25 bits per heavy atom.